The highest BCUT2D eigenvalue weighted by Crippen LogP contribution is 2.31. The van der Waals surface area contributed by atoms with Gasteiger partial charge in [0.25, 0.3) is 0 Å². The first kappa shape index (κ1) is 27.4. The molecule has 1 saturated heterocycles. The number of hydrogen-bond acceptors (Lipinski definition) is 6. The molecule has 0 aromatic heterocycles. The number of carbonyl (C=O) groups is 3. The first-order valence-corrected chi connectivity index (χ1v) is 11.6. The van der Waals surface area contributed by atoms with Gasteiger partial charge in [0.1, 0.15) is 6.61 Å². The van der Waals surface area contributed by atoms with Crippen LogP contribution in [0.25, 0.3) is 0 Å². The summed E-state index contributed by atoms with van der Waals surface area (Å²) in [7, 11) is 0. The molecule has 0 aromatic rings. The van der Waals surface area contributed by atoms with Crippen molar-refractivity contribution in [3.8, 4) is 0 Å². The molecule has 1 aliphatic heterocycles. The molecule has 1 heterocycles. The second-order valence-corrected chi connectivity index (χ2v) is 10.6. The van der Waals surface area contributed by atoms with E-state index in [0.717, 1.165) is 25.7 Å². The Hall–Kier alpha value is -1.63. The zero-order chi connectivity index (χ0) is 23.8. The first-order valence-electron chi connectivity index (χ1n) is 11.6. The molecule has 0 aromatic carbocycles. The topological polar surface area (TPSA) is 90.9 Å². The van der Waals surface area contributed by atoms with Gasteiger partial charge >= 0.3 is 11.9 Å². The van der Waals surface area contributed by atoms with E-state index >= 15 is 0 Å². The molecule has 180 valence electrons. The van der Waals surface area contributed by atoms with Crippen LogP contribution in [0.5, 0.6) is 0 Å². The van der Waals surface area contributed by atoms with Crippen molar-refractivity contribution in [2.45, 2.75) is 112 Å². The van der Waals surface area contributed by atoms with Gasteiger partial charge in [-0.15, -0.1) is 0 Å². The van der Waals surface area contributed by atoms with Gasteiger partial charge in [-0.1, -0.05) is 66.7 Å². The highest BCUT2D eigenvalue weighted by Gasteiger charge is 2.47. The Bertz CT molecular complexity index is 608. The average Bonchev–Trinajstić information content (AvgIpc) is 2.88. The number of cyclic esters (lactones) is 1. The molecule has 1 amide bonds. The van der Waals surface area contributed by atoms with Gasteiger partial charge in [-0.25, -0.2) is 4.79 Å². The second kappa shape index (κ2) is 11.8. The van der Waals surface area contributed by atoms with E-state index in [1.54, 1.807) is 13.8 Å². The van der Waals surface area contributed by atoms with Crippen molar-refractivity contribution in [1.82, 2.24) is 5.32 Å². The van der Waals surface area contributed by atoms with Gasteiger partial charge in [-0.05, 0) is 17.8 Å². The summed E-state index contributed by atoms with van der Waals surface area (Å²) >= 11 is 0. The Morgan fingerprint density at radius 2 is 1.68 bits per heavy atom. The third kappa shape index (κ3) is 10.0. The predicted octanol–water partition coefficient (Wildman–Crippen LogP) is 4.37. The monoisotopic (exact) mass is 441 g/mol. The lowest BCUT2D eigenvalue weighted by molar-refractivity contribution is -0.162. The van der Waals surface area contributed by atoms with Gasteiger partial charge in [0.2, 0.25) is 11.7 Å². The second-order valence-electron chi connectivity index (χ2n) is 10.6. The number of hydrogen-bond donors (Lipinski definition) is 1. The molecule has 0 bridgehead atoms. The number of rotatable bonds is 12. The molecule has 0 radical (unpaired) electrons. The van der Waals surface area contributed by atoms with E-state index in [1.807, 2.05) is 20.8 Å². The zero-order valence-electron chi connectivity index (χ0n) is 20.7. The van der Waals surface area contributed by atoms with Crippen LogP contribution in [0.2, 0.25) is 0 Å². The van der Waals surface area contributed by atoms with Crippen molar-refractivity contribution < 1.29 is 28.6 Å². The summed E-state index contributed by atoms with van der Waals surface area (Å²) in [5.74, 6) is -2.17. The fourth-order valence-electron chi connectivity index (χ4n) is 3.60. The third-order valence-corrected chi connectivity index (χ3v) is 5.55. The van der Waals surface area contributed by atoms with Crippen molar-refractivity contribution in [3.05, 3.63) is 0 Å². The molecule has 1 rings (SSSR count). The largest absolute Gasteiger partial charge is 0.464 e. The van der Waals surface area contributed by atoms with Gasteiger partial charge in [-0.2, -0.15) is 0 Å². The molecule has 1 aliphatic rings. The lowest BCUT2D eigenvalue weighted by Crippen LogP contribution is -2.51. The quantitative estimate of drug-likeness (QED) is 0.357. The maximum atomic E-state index is 13.3. The summed E-state index contributed by atoms with van der Waals surface area (Å²) in [6.45, 7) is 15.1. The fourth-order valence-corrected chi connectivity index (χ4v) is 3.60. The van der Waals surface area contributed by atoms with Crippen LogP contribution < -0.4 is 5.32 Å². The Kier molecular flexibility index (Phi) is 10.5. The van der Waals surface area contributed by atoms with Gasteiger partial charge in [0, 0.05) is 20.8 Å². The molecule has 0 spiro atoms. The van der Waals surface area contributed by atoms with Crippen LogP contribution in [-0.4, -0.2) is 42.4 Å². The molecular formula is C24H43NO6. The number of ether oxygens (including phenoxy) is 3. The van der Waals surface area contributed by atoms with Crippen LogP contribution >= 0.6 is 0 Å². The van der Waals surface area contributed by atoms with E-state index in [2.05, 4.69) is 19.2 Å². The molecule has 1 N–H and O–H groups in total. The Balaban J connectivity index is 2.84. The number of esters is 2. The van der Waals surface area contributed by atoms with Gasteiger partial charge in [0.05, 0.1) is 12.0 Å². The van der Waals surface area contributed by atoms with Gasteiger partial charge in [-0.3, -0.25) is 9.59 Å². The molecule has 1 fully saturated rings. The van der Waals surface area contributed by atoms with E-state index in [1.165, 1.54) is 13.3 Å². The van der Waals surface area contributed by atoms with Gasteiger partial charge in [0.15, 0.2) is 6.10 Å². The number of nitrogens with one attached hydrogen (secondary N) is 1. The van der Waals surface area contributed by atoms with Crippen molar-refractivity contribution in [1.29, 1.82) is 0 Å². The minimum absolute atomic E-state index is 0.0773. The summed E-state index contributed by atoms with van der Waals surface area (Å²) in [4.78, 5) is 37.0. The summed E-state index contributed by atoms with van der Waals surface area (Å²) in [6, 6.07) is -0.386. The Morgan fingerprint density at radius 3 is 2.13 bits per heavy atom. The van der Waals surface area contributed by atoms with Crippen LogP contribution in [0.3, 0.4) is 0 Å². The van der Waals surface area contributed by atoms with Crippen molar-refractivity contribution in [2.75, 3.05) is 6.61 Å². The third-order valence-electron chi connectivity index (χ3n) is 5.55. The van der Waals surface area contributed by atoms with Crippen LogP contribution in [0.4, 0.5) is 0 Å². The molecule has 31 heavy (non-hydrogen) atoms. The Morgan fingerprint density at radius 1 is 1.10 bits per heavy atom. The highest BCUT2D eigenvalue weighted by molar-refractivity contribution is 5.88. The molecule has 0 unspecified atom stereocenters. The zero-order valence-corrected chi connectivity index (χ0v) is 20.7. The van der Waals surface area contributed by atoms with Crippen molar-refractivity contribution in [2.24, 2.45) is 17.3 Å². The van der Waals surface area contributed by atoms with Crippen LogP contribution in [-0.2, 0) is 28.6 Å². The maximum Gasteiger partial charge on any atom is 0.338 e. The van der Waals surface area contributed by atoms with E-state index in [0.29, 0.717) is 12.3 Å². The summed E-state index contributed by atoms with van der Waals surface area (Å²) in [6.07, 6.45) is 4.89. The lowest BCUT2D eigenvalue weighted by Gasteiger charge is -2.33. The summed E-state index contributed by atoms with van der Waals surface area (Å²) in [5, 5.41) is 3.00. The summed E-state index contributed by atoms with van der Waals surface area (Å²) < 4.78 is 16.3. The predicted molar refractivity (Wildman–Crippen MR) is 119 cm³/mol. The number of carbonyl (C=O) groups excluding carboxylic acids is 3. The summed E-state index contributed by atoms with van der Waals surface area (Å²) in [5.41, 5.74) is -0.331. The molecule has 0 saturated carbocycles. The molecule has 7 nitrogen and oxygen atoms in total. The fraction of sp³-hybridized carbons (Fsp3) is 0.875. The Labute approximate surface area is 188 Å². The van der Waals surface area contributed by atoms with Gasteiger partial charge < -0.3 is 19.5 Å². The maximum absolute atomic E-state index is 13.3. The lowest BCUT2D eigenvalue weighted by atomic mass is 9.86. The van der Waals surface area contributed by atoms with E-state index < -0.39 is 29.7 Å². The normalized spacial score (nSPS) is 20.3. The standard InChI is InChI=1S/C24H43NO6/c1-16(2)13-11-9-10-12-14-18(20-22(28)31-24(7,8)30-20)21(27)25-19(23(4,5)6)15-29-17(3)26/h16,18-20H,9-15H2,1-8H3,(H,25,27)/t18-,19-,20+/m1/s1. The van der Waals surface area contributed by atoms with Crippen molar-refractivity contribution in [3.63, 3.8) is 0 Å². The van der Waals surface area contributed by atoms with Crippen molar-refractivity contribution >= 4 is 17.8 Å². The molecule has 3 atom stereocenters. The number of amides is 1. The van der Waals surface area contributed by atoms with E-state index in [9.17, 15) is 14.4 Å². The molecule has 0 aliphatic carbocycles. The SMILES string of the molecule is CC(=O)OC[C@@H](NC(=O)[C@H](CCCCCCC(C)C)[C@@H]1OC(C)(C)OC1=O)C(C)(C)C. The molecule has 7 heteroatoms. The minimum atomic E-state index is -1.04. The van der Waals surface area contributed by atoms with E-state index in [4.69, 9.17) is 14.2 Å². The number of unbranched alkanes of at least 4 members (excludes halogenated alkanes) is 3. The average molecular weight is 442 g/mol. The minimum Gasteiger partial charge on any atom is -0.464 e. The molecular weight excluding hydrogens is 398 g/mol. The van der Waals surface area contributed by atoms with E-state index in [-0.39, 0.29) is 24.0 Å². The van der Waals surface area contributed by atoms with Crippen LogP contribution in [0, 0.1) is 17.3 Å². The smallest absolute Gasteiger partial charge is 0.338 e. The van der Waals surface area contributed by atoms with Crippen LogP contribution in [0.15, 0.2) is 0 Å². The first-order chi connectivity index (χ1) is 14.2. The highest BCUT2D eigenvalue weighted by atomic mass is 16.8. The van der Waals surface area contributed by atoms with Crippen LogP contribution in [0.1, 0.15) is 93.9 Å².